The van der Waals surface area contributed by atoms with Crippen LogP contribution in [0.3, 0.4) is 0 Å². The fourth-order valence-corrected chi connectivity index (χ4v) is 0. The summed E-state index contributed by atoms with van der Waals surface area (Å²) in [6, 6.07) is 0. The summed E-state index contributed by atoms with van der Waals surface area (Å²) in [4.78, 5) is 0. The van der Waals surface area contributed by atoms with Gasteiger partial charge in [0, 0.05) is 0 Å². The summed E-state index contributed by atoms with van der Waals surface area (Å²) in [5, 5.41) is 3.50. The van der Waals surface area contributed by atoms with Crippen LogP contribution in [0.2, 0.25) is 0 Å². The molecule has 0 radical (unpaired) electrons. The molecule has 0 saturated carbocycles. The number of hydrogen-bond acceptors (Lipinski definition) is 0. The van der Waals surface area contributed by atoms with Crippen LogP contribution in [-0.4, -0.2) is 14.1 Å². The van der Waals surface area contributed by atoms with E-state index in [1.54, 1.807) is 14.1 Å². The van der Waals surface area contributed by atoms with Gasteiger partial charge in [-0.2, -0.15) is 14.1 Å². The van der Waals surface area contributed by atoms with E-state index in [-0.39, 0.29) is 34.3 Å². The number of nitrogens with zero attached hydrogens (tertiary/aromatic N) is 1. The maximum absolute atomic E-state index is 3.50. The van der Waals surface area contributed by atoms with Crippen LogP contribution in [0.5, 0.6) is 0 Å². The second-order valence-corrected chi connectivity index (χ2v) is 0.447. The van der Waals surface area contributed by atoms with Gasteiger partial charge in [0.2, 0.25) is 0 Å². The van der Waals surface area contributed by atoms with Crippen LogP contribution in [-0.2, 0) is 19.5 Å². The third-order valence-corrected chi connectivity index (χ3v) is 0. The molecule has 0 aliphatic heterocycles. The fourth-order valence-electron chi connectivity index (χ4n) is 0. The van der Waals surface area contributed by atoms with Gasteiger partial charge in [0.15, 0.2) is 0 Å². The molecule has 0 aromatic rings. The average molecular weight is 177 g/mol. The first-order valence-electron chi connectivity index (χ1n) is 0.894. The smallest absolute Gasteiger partial charge is 0.668 e. The summed E-state index contributed by atoms with van der Waals surface area (Å²) in [5.74, 6) is 0. The molecule has 0 amide bonds. The van der Waals surface area contributed by atoms with Crippen LogP contribution in [0.4, 0.5) is 0 Å². The van der Waals surface area contributed by atoms with Gasteiger partial charge < -0.3 is 20.2 Å². The molecule has 6 heavy (non-hydrogen) atoms. The molecule has 0 rings (SSSR count). The normalized spacial score (nSPS) is 3.00. The van der Waals surface area contributed by atoms with Crippen molar-refractivity contribution >= 4 is 0 Å². The topological polar surface area (TPSA) is 14.1 Å². The van der Waals surface area contributed by atoms with Gasteiger partial charge >= 0.3 is 19.5 Å². The molecule has 0 saturated heterocycles. The number of hydrogen-bond donors (Lipinski definition) is 0. The molecule has 0 spiro atoms. The van der Waals surface area contributed by atoms with Crippen molar-refractivity contribution in [1.82, 2.24) is 0 Å². The standard InChI is InChI=1S/C2H6N.2CH3.Rh/c1-3-2;;;/h1-2H3;2*1H3;/q3*-1;+3. The maximum Gasteiger partial charge on any atom is 3.00 e. The first kappa shape index (κ1) is 30.8. The Morgan fingerprint density at radius 3 is 1.00 bits per heavy atom. The van der Waals surface area contributed by atoms with E-state index in [9.17, 15) is 0 Å². The largest absolute Gasteiger partial charge is 3.00 e. The van der Waals surface area contributed by atoms with Crippen LogP contribution in [0.15, 0.2) is 0 Å². The van der Waals surface area contributed by atoms with E-state index < -0.39 is 0 Å². The molecule has 0 aromatic carbocycles. The Morgan fingerprint density at radius 1 is 1.00 bits per heavy atom. The van der Waals surface area contributed by atoms with Gasteiger partial charge in [-0.3, -0.25) is 0 Å². The predicted molar refractivity (Wildman–Crippen MR) is 28.0 cm³/mol. The monoisotopic (exact) mass is 177 g/mol. The van der Waals surface area contributed by atoms with E-state index in [1.165, 1.54) is 0 Å². The van der Waals surface area contributed by atoms with E-state index in [0.717, 1.165) is 0 Å². The molecule has 0 fully saturated rings. The van der Waals surface area contributed by atoms with Crippen LogP contribution < -0.4 is 0 Å². The molecule has 2 heteroatoms. The van der Waals surface area contributed by atoms with E-state index in [2.05, 4.69) is 5.32 Å². The fraction of sp³-hybridized carbons (Fsp3) is 0.500. The Kier molecular flexibility index (Phi) is 240. The Hall–Kier alpha value is 0.583. The summed E-state index contributed by atoms with van der Waals surface area (Å²) < 4.78 is 0. The Bertz CT molecular complexity index is 7.51. The summed E-state index contributed by atoms with van der Waals surface area (Å²) >= 11 is 0. The van der Waals surface area contributed by atoms with Crippen LogP contribution in [0.25, 0.3) is 5.32 Å². The van der Waals surface area contributed by atoms with Gasteiger partial charge in [0.25, 0.3) is 0 Å². The van der Waals surface area contributed by atoms with Crippen molar-refractivity contribution in [2.24, 2.45) is 0 Å². The second kappa shape index (κ2) is 46.8. The van der Waals surface area contributed by atoms with Crippen molar-refractivity contribution < 1.29 is 19.5 Å². The van der Waals surface area contributed by atoms with E-state index in [0.29, 0.717) is 0 Å². The van der Waals surface area contributed by atoms with Gasteiger partial charge in [-0.1, -0.05) is 0 Å². The predicted octanol–water partition coefficient (Wildman–Crippen LogP) is 1.52. The molecule has 0 aliphatic carbocycles. The van der Waals surface area contributed by atoms with Gasteiger partial charge in [-0.15, -0.1) is 0 Å². The van der Waals surface area contributed by atoms with Crippen molar-refractivity contribution in [2.45, 2.75) is 0 Å². The second-order valence-electron chi connectivity index (χ2n) is 0.447. The Morgan fingerprint density at radius 2 is 1.00 bits per heavy atom. The molecule has 0 bridgehead atoms. The van der Waals surface area contributed by atoms with E-state index in [4.69, 9.17) is 0 Å². The minimum absolute atomic E-state index is 0. The molecule has 0 N–H and O–H groups in total. The minimum Gasteiger partial charge on any atom is -0.668 e. The molecule has 0 aromatic heterocycles. The van der Waals surface area contributed by atoms with Gasteiger partial charge in [-0.05, 0) is 0 Å². The summed E-state index contributed by atoms with van der Waals surface area (Å²) in [7, 11) is 3.50. The zero-order chi connectivity index (χ0) is 2.71. The molecular weight excluding hydrogens is 165 g/mol. The van der Waals surface area contributed by atoms with Crippen molar-refractivity contribution in [3.8, 4) is 0 Å². The molecule has 0 aliphatic rings. The third-order valence-electron chi connectivity index (χ3n) is 0. The van der Waals surface area contributed by atoms with Gasteiger partial charge in [0.05, 0.1) is 0 Å². The molecule has 0 atom stereocenters. The van der Waals surface area contributed by atoms with E-state index in [1.807, 2.05) is 0 Å². The Labute approximate surface area is 54.3 Å². The molecule has 42 valence electrons. The number of rotatable bonds is 0. The molecule has 0 unspecified atom stereocenters. The minimum atomic E-state index is 0. The van der Waals surface area contributed by atoms with E-state index >= 15 is 0 Å². The van der Waals surface area contributed by atoms with Gasteiger partial charge in [-0.25, -0.2) is 0 Å². The summed E-state index contributed by atoms with van der Waals surface area (Å²) in [5.41, 5.74) is 0. The van der Waals surface area contributed by atoms with Crippen molar-refractivity contribution in [1.29, 1.82) is 0 Å². The Balaban J connectivity index is -0.00000000667. The first-order valence-corrected chi connectivity index (χ1v) is 0.894. The van der Waals surface area contributed by atoms with Crippen LogP contribution in [0.1, 0.15) is 0 Å². The molecule has 0 heterocycles. The third kappa shape index (κ3) is 173. The zero-order valence-electron chi connectivity index (χ0n) is 4.78. The van der Waals surface area contributed by atoms with Crippen molar-refractivity contribution in [3.63, 3.8) is 0 Å². The van der Waals surface area contributed by atoms with Crippen LogP contribution >= 0.6 is 0 Å². The quantitative estimate of drug-likeness (QED) is 0.393. The van der Waals surface area contributed by atoms with Crippen LogP contribution in [0, 0.1) is 14.9 Å². The average Bonchev–Trinajstić information content (AvgIpc) is 0.918. The van der Waals surface area contributed by atoms with Crippen molar-refractivity contribution in [3.05, 3.63) is 20.2 Å². The molecule has 1 nitrogen and oxygen atoms in total. The summed E-state index contributed by atoms with van der Waals surface area (Å²) in [6.07, 6.45) is 0. The molecular formula is C4H12NRh. The van der Waals surface area contributed by atoms with Gasteiger partial charge in [0.1, 0.15) is 0 Å². The summed E-state index contributed by atoms with van der Waals surface area (Å²) in [6.45, 7) is 0. The zero-order valence-corrected chi connectivity index (χ0v) is 6.42. The first-order chi connectivity index (χ1) is 1.41. The maximum atomic E-state index is 3.50. The van der Waals surface area contributed by atoms with Crippen molar-refractivity contribution in [2.75, 3.05) is 14.1 Å². The SMILES string of the molecule is C[N-]C.[CH3-].[CH3-].[Rh+3].